The van der Waals surface area contributed by atoms with Crippen LogP contribution in [0.2, 0.25) is 10.0 Å². The maximum atomic E-state index is 11.8. The minimum Gasteiger partial charge on any atom is -0.482 e. The summed E-state index contributed by atoms with van der Waals surface area (Å²) >= 11 is 12.1. The summed E-state index contributed by atoms with van der Waals surface area (Å²) in [5.74, 6) is 0.252. The van der Waals surface area contributed by atoms with Crippen LogP contribution in [-0.2, 0) is 11.2 Å². The van der Waals surface area contributed by atoms with Crippen molar-refractivity contribution in [1.29, 1.82) is 0 Å². The van der Waals surface area contributed by atoms with E-state index < -0.39 is 0 Å². The van der Waals surface area contributed by atoms with Crippen molar-refractivity contribution in [3.8, 4) is 5.75 Å². The Morgan fingerprint density at radius 1 is 1.38 bits per heavy atom. The number of nitrogens with one attached hydrogen (secondary N) is 1. The fourth-order valence-electron chi connectivity index (χ4n) is 1.87. The van der Waals surface area contributed by atoms with Gasteiger partial charge in [0.05, 0.1) is 5.02 Å². The Hall–Kier alpha value is -0.970. The lowest BCUT2D eigenvalue weighted by Crippen LogP contribution is -2.43. The number of halogens is 2. The summed E-state index contributed by atoms with van der Waals surface area (Å²) < 4.78 is 5.57. The lowest BCUT2D eigenvalue weighted by molar-refractivity contribution is -0.124. The Kier molecular flexibility index (Phi) is 6.32. The van der Waals surface area contributed by atoms with E-state index in [1.54, 1.807) is 12.1 Å². The summed E-state index contributed by atoms with van der Waals surface area (Å²) in [5, 5.41) is 3.72. The molecule has 0 aliphatic heterocycles. The van der Waals surface area contributed by atoms with Crippen molar-refractivity contribution in [1.82, 2.24) is 5.32 Å². The van der Waals surface area contributed by atoms with Gasteiger partial charge in [-0.2, -0.15) is 0 Å². The molecule has 0 saturated heterocycles. The monoisotopic (exact) mass is 332 g/mol. The fraction of sp³-hybridized carbons (Fsp3) is 0.533. The number of benzene rings is 1. The molecule has 1 aromatic carbocycles. The molecule has 0 saturated carbocycles. The molecule has 21 heavy (non-hydrogen) atoms. The molecule has 0 heterocycles. The van der Waals surface area contributed by atoms with Crippen molar-refractivity contribution in [2.24, 2.45) is 5.73 Å². The Balaban J connectivity index is 2.84. The van der Waals surface area contributed by atoms with Crippen LogP contribution in [0.4, 0.5) is 0 Å². The second-order valence-corrected chi connectivity index (χ2v) is 6.99. The van der Waals surface area contributed by atoms with Gasteiger partial charge in [0.25, 0.3) is 5.91 Å². The van der Waals surface area contributed by atoms with E-state index in [-0.39, 0.29) is 24.1 Å². The van der Waals surface area contributed by atoms with Crippen molar-refractivity contribution in [2.75, 3.05) is 6.61 Å². The predicted octanol–water partition coefficient (Wildman–Crippen LogP) is 3.18. The molecule has 1 aromatic rings. The van der Waals surface area contributed by atoms with Gasteiger partial charge in [-0.1, -0.05) is 23.2 Å². The van der Waals surface area contributed by atoms with Crippen molar-refractivity contribution in [2.45, 2.75) is 45.7 Å². The molecule has 1 rings (SSSR count). The molecule has 4 nitrogen and oxygen atoms in total. The minimum atomic E-state index is -0.307. The van der Waals surface area contributed by atoms with Crippen molar-refractivity contribution in [3.05, 3.63) is 27.7 Å². The van der Waals surface area contributed by atoms with E-state index in [1.807, 2.05) is 27.7 Å². The van der Waals surface area contributed by atoms with Crippen LogP contribution in [0, 0.1) is 0 Å². The quantitative estimate of drug-likeness (QED) is 0.870. The van der Waals surface area contributed by atoms with Crippen LogP contribution >= 0.6 is 23.2 Å². The lowest BCUT2D eigenvalue weighted by atomic mass is 10.1. The first-order valence-electron chi connectivity index (χ1n) is 6.76. The second-order valence-electron chi connectivity index (χ2n) is 6.14. The summed E-state index contributed by atoms with van der Waals surface area (Å²) in [6.07, 6.45) is 0.566. The summed E-state index contributed by atoms with van der Waals surface area (Å²) in [6, 6.07) is 3.28. The number of carbonyl (C=O) groups is 1. The van der Waals surface area contributed by atoms with Crippen LogP contribution < -0.4 is 15.8 Å². The molecule has 0 aromatic heterocycles. The van der Waals surface area contributed by atoms with Crippen LogP contribution in [0.25, 0.3) is 0 Å². The SMILES string of the molecule is CC(N)Cc1cc(Cl)cc(Cl)c1OCC(=O)NC(C)(C)C. The van der Waals surface area contributed by atoms with E-state index in [1.165, 1.54) is 0 Å². The summed E-state index contributed by atoms with van der Waals surface area (Å²) in [4.78, 5) is 11.8. The largest absolute Gasteiger partial charge is 0.482 e. The van der Waals surface area contributed by atoms with Gasteiger partial charge in [0, 0.05) is 16.6 Å². The molecule has 0 radical (unpaired) electrons. The average Bonchev–Trinajstić information content (AvgIpc) is 2.23. The Morgan fingerprint density at radius 3 is 2.52 bits per heavy atom. The lowest BCUT2D eigenvalue weighted by Gasteiger charge is -2.21. The molecule has 0 aliphatic rings. The molecule has 1 atom stereocenters. The normalized spacial score (nSPS) is 12.9. The third kappa shape index (κ3) is 6.55. The zero-order valence-electron chi connectivity index (χ0n) is 12.8. The van der Waals surface area contributed by atoms with E-state index in [0.717, 1.165) is 5.56 Å². The van der Waals surface area contributed by atoms with Crippen molar-refractivity contribution >= 4 is 29.1 Å². The maximum absolute atomic E-state index is 11.8. The van der Waals surface area contributed by atoms with Gasteiger partial charge in [0.15, 0.2) is 6.61 Å². The molecule has 1 unspecified atom stereocenters. The predicted molar refractivity (Wildman–Crippen MR) is 87.2 cm³/mol. The maximum Gasteiger partial charge on any atom is 0.258 e. The van der Waals surface area contributed by atoms with Gasteiger partial charge in [-0.25, -0.2) is 0 Å². The van der Waals surface area contributed by atoms with Gasteiger partial charge >= 0.3 is 0 Å². The first kappa shape index (κ1) is 18.1. The van der Waals surface area contributed by atoms with Crippen molar-refractivity contribution in [3.63, 3.8) is 0 Å². The smallest absolute Gasteiger partial charge is 0.258 e. The zero-order chi connectivity index (χ0) is 16.2. The van der Waals surface area contributed by atoms with E-state index in [0.29, 0.717) is 22.2 Å². The topological polar surface area (TPSA) is 64.3 Å². The highest BCUT2D eigenvalue weighted by atomic mass is 35.5. The highest BCUT2D eigenvalue weighted by Gasteiger charge is 2.17. The van der Waals surface area contributed by atoms with E-state index in [4.69, 9.17) is 33.7 Å². The summed E-state index contributed by atoms with van der Waals surface area (Å²) in [5.41, 5.74) is 6.30. The van der Waals surface area contributed by atoms with E-state index in [9.17, 15) is 4.79 Å². The molecule has 0 aliphatic carbocycles. The first-order valence-corrected chi connectivity index (χ1v) is 7.51. The number of amides is 1. The number of carbonyl (C=O) groups excluding carboxylic acids is 1. The van der Waals surface area contributed by atoms with Crippen LogP contribution in [0.15, 0.2) is 12.1 Å². The minimum absolute atomic E-state index is 0.0646. The molecule has 3 N–H and O–H groups in total. The van der Waals surface area contributed by atoms with Gasteiger partial charge in [0.1, 0.15) is 5.75 Å². The standard InChI is InChI=1S/C15H22Cl2N2O2/c1-9(18)5-10-6-11(16)7-12(17)14(10)21-8-13(20)19-15(2,3)4/h6-7,9H,5,8,18H2,1-4H3,(H,19,20). The van der Waals surface area contributed by atoms with Crippen LogP contribution in [0.5, 0.6) is 5.75 Å². The van der Waals surface area contributed by atoms with Gasteiger partial charge in [-0.05, 0) is 51.8 Å². The molecular formula is C15H22Cl2N2O2. The first-order chi connectivity index (χ1) is 9.58. The average molecular weight is 333 g/mol. The van der Waals surface area contributed by atoms with Gasteiger partial charge in [-0.15, -0.1) is 0 Å². The number of hydrogen-bond acceptors (Lipinski definition) is 3. The summed E-state index contributed by atoms with van der Waals surface area (Å²) in [6.45, 7) is 7.49. The number of ether oxygens (including phenoxy) is 1. The van der Waals surface area contributed by atoms with Gasteiger partial charge in [-0.3, -0.25) is 4.79 Å². The molecule has 0 bridgehead atoms. The number of hydrogen-bond donors (Lipinski definition) is 2. The fourth-order valence-corrected chi connectivity index (χ4v) is 2.46. The number of nitrogens with two attached hydrogens (primary N) is 1. The van der Waals surface area contributed by atoms with Crippen LogP contribution in [0.1, 0.15) is 33.3 Å². The van der Waals surface area contributed by atoms with Gasteiger partial charge in [0.2, 0.25) is 0 Å². The third-order valence-electron chi connectivity index (χ3n) is 2.49. The van der Waals surface area contributed by atoms with Crippen LogP contribution in [-0.4, -0.2) is 24.1 Å². The Labute approximate surface area is 135 Å². The molecular weight excluding hydrogens is 311 g/mol. The van der Waals surface area contributed by atoms with Gasteiger partial charge < -0.3 is 15.8 Å². The molecule has 1 amide bonds. The molecule has 0 spiro atoms. The number of rotatable bonds is 5. The highest BCUT2D eigenvalue weighted by Crippen LogP contribution is 2.33. The third-order valence-corrected chi connectivity index (χ3v) is 2.99. The molecule has 118 valence electrons. The van der Waals surface area contributed by atoms with Crippen LogP contribution in [0.3, 0.4) is 0 Å². The van der Waals surface area contributed by atoms with E-state index in [2.05, 4.69) is 5.32 Å². The zero-order valence-corrected chi connectivity index (χ0v) is 14.3. The Bertz CT molecular complexity index is 511. The van der Waals surface area contributed by atoms with E-state index >= 15 is 0 Å². The molecule has 6 heteroatoms. The molecule has 0 fully saturated rings. The van der Waals surface area contributed by atoms with Crippen molar-refractivity contribution < 1.29 is 9.53 Å². The Morgan fingerprint density at radius 2 is 2.00 bits per heavy atom. The highest BCUT2D eigenvalue weighted by molar-refractivity contribution is 6.35. The second kappa shape index (κ2) is 7.34. The summed E-state index contributed by atoms with van der Waals surface area (Å²) in [7, 11) is 0.